The fraction of sp³-hybridized carbons (Fsp3) is 0.360. The molecule has 0 fully saturated rings. The first-order valence-electron chi connectivity index (χ1n) is 11.5. The molecule has 2 aromatic carbocycles. The Morgan fingerprint density at radius 3 is 2.79 bits per heavy atom. The number of nitrogens with one attached hydrogen (secondary N) is 4. The van der Waals surface area contributed by atoms with E-state index in [1.54, 1.807) is 12.1 Å². The average Bonchev–Trinajstić information content (AvgIpc) is 3.41. The number of aromatic nitrogens is 2. The van der Waals surface area contributed by atoms with Gasteiger partial charge < -0.3 is 20.5 Å². The van der Waals surface area contributed by atoms with Crippen molar-refractivity contribution in [1.29, 1.82) is 5.41 Å². The number of fused-ring (bicyclic) bond motifs is 2. The van der Waals surface area contributed by atoms with E-state index in [9.17, 15) is 14.0 Å². The van der Waals surface area contributed by atoms with Crippen LogP contribution in [-0.4, -0.2) is 40.4 Å². The number of hydrogen-bond acceptors (Lipinski definition) is 4. The molecule has 4 N–H and O–H groups in total. The fourth-order valence-electron chi connectivity index (χ4n) is 4.41. The second-order valence-corrected chi connectivity index (χ2v) is 8.65. The summed E-state index contributed by atoms with van der Waals surface area (Å²) < 4.78 is 14.7. The van der Waals surface area contributed by atoms with Gasteiger partial charge in [0.05, 0.1) is 28.2 Å². The Kier molecular flexibility index (Phi) is 6.90. The van der Waals surface area contributed by atoms with E-state index >= 15 is 0 Å². The summed E-state index contributed by atoms with van der Waals surface area (Å²) >= 11 is 0. The number of nitrogens with zero attached hydrogens (tertiary/aromatic N) is 2. The summed E-state index contributed by atoms with van der Waals surface area (Å²) in [7, 11) is 0. The lowest BCUT2D eigenvalue weighted by Crippen LogP contribution is -2.33. The number of alkyl halides is 1. The minimum Gasteiger partial charge on any atom is -0.372 e. The molecule has 0 unspecified atom stereocenters. The van der Waals surface area contributed by atoms with E-state index in [4.69, 9.17) is 10.4 Å². The number of carbonyl (C=O) groups is 2. The summed E-state index contributed by atoms with van der Waals surface area (Å²) in [4.78, 5) is 30.6. The standard InChI is InChI=1S/C25H29FN6O2/c1-15(2)32-20-11-4-3-9-18(20)30-23(32)19(10-6-12-28-21(27)13-26)31-24(33)17-8-5-7-16-14-29-25(34)22(16)17/h3-5,7-9,11,15,19H,6,10,12-14H2,1-2H3,(H2,27,28)(H,29,34)(H,31,33)/t19-/m0/s1. The largest absolute Gasteiger partial charge is 0.372 e. The quantitative estimate of drug-likeness (QED) is 0.220. The minimum atomic E-state index is -0.843. The Morgan fingerprint density at radius 1 is 1.24 bits per heavy atom. The normalized spacial score (nSPS) is 13.6. The Balaban J connectivity index is 1.66. The van der Waals surface area contributed by atoms with E-state index in [0.717, 1.165) is 22.4 Å². The van der Waals surface area contributed by atoms with E-state index in [0.29, 0.717) is 37.1 Å². The van der Waals surface area contributed by atoms with Gasteiger partial charge in [0.15, 0.2) is 0 Å². The maximum Gasteiger partial charge on any atom is 0.252 e. The molecule has 0 saturated carbocycles. The van der Waals surface area contributed by atoms with Gasteiger partial charge >= 0.3 is 0 Å². The van der Waals surface area contributed by atoms with E-state index in [1.807, 2.05) is 30.3 Å². The topological polar surface area (TPSA) is 112 Å². The third kappa shape index (κ3) is 4.64. The van der Waals surface area contributed by atoms with Crippen LogP contribution in [-0.2, 0) is 6.54 Å². The van der Waals surface area contributed by atoms with Gasteiger partial charge in [-0.3, -0.25) is 15.0 Å². The second-order valence-electron chi connectivity index (χ2n) is 8.65. The molecule has 2 heterocycles. The van der Waals surface area contributed by atoms with Crippen LogP contribution in [0.4, 0.5) is 4.39 Å². The Labute approximate surface area is 197 Å². The molecule has 178 valence electrons. The van der Waals surface area contributed by atoms with Gasteiger partial charge in [-0.25, -0.2) is 9.37 Å². The van der Waals surface area contributed by atoms with Crippen LogP contribution in [0.25, 0.3) is 11.0 Å². The van der Waals surface area contributed by atoms with Crippen LogP contribution in [0.1, 0.15) is 70.9 Å². The first-order chi connectivity index (χ1) is 16.4. The summed E-state index contributed by atoms with van der Waals surface area (Å²) in [5.41, 5.74) is 3.36. The van der Waals surface area contributed by atoms with Gasteiger partial charge in [-0.15, -0.1) is 0 Å². The Hall–Kier alpha value is -3.75. The van der Waals surface area contributed by atoms with Crippen LogP contribution in [0.15, 0.2) is 42.5 Å². The summed E-state index contributed by atoms with van der Waals surface area (Å²) in [6.07, 6.45) is 1.11. The van der Waals surface area contributed by atoms with Crippen molar-refractivity contribution in [1.82, 2.24) is 25.5 Å². The summed E-state index contributed by atoms with van der Waals surface area (Å²) in [6, 6.07) is 12.8. The molecule has 0 bridgehead atoms. The predicted molar refractivity (Wildman–Crippen MR) is 129 cm³/mol. The number of hydrogen-bond donors (Lipinski definition) is 4. The van der Waals surface area contributed by atoms with Crippen molar-refractivity contribution in [3.8, 4) is 0 Å². The summed E-state index contributed by atoms with van der Waals surface area (Å²) in [5.74, 6) is -0.0330. The van der Waals surface area contributed by atoms with Crippen LogP contribution in [0.5, 0.6) is 0 Å². The van der Waals surface area contributed by atoms with Crippen molar-refractivity contribution in [2.75, 3.05) is 13.2 Å². The summed E-state index contributed by atoms with van der Waals surface area (Å²) in [6.45, 7) is 4.10. The SMILES string of the molecule is CC(C)n1c([C@H](CCCNC(=N)CF)NC(=O)c2cccc3c2C(=O)NC3)nc2ccccc21. The molecule has 0 radical (unpaired) electrons. The van der Waals surface area contributed by atoms with Gasteiger partial charge in [0.2, 0.25) is 0 Å². The molecule has 9 heteroatoms. The number of amidine groups is 1. The molecule has 0 aliphatic carbocycles. The lowest BCUT2D eigenvalue weighted by molar-refractivity contribution is 0.0911. The molecule has 1 aromatic heterocycles. The van der Waals surface area contributed by atoms with E-state index < -0.39 is 12.7 Å². The third-order valence-corrected chi connectivity index (χ3v) is 5.96. The lowest BCUT2D eigenvalue weighted by atomic mass is 10.0. The molecule has 34 heavy (non-hydrogen) atoms. The highest BCUT2D eigenvalue weighted by molar-refractivity contribution is 6.09. The molecular weight excluding hydrogens is 435 g/mol. The molecule has 1 aliphatic rings. The molecule has 8 nitrogen and oxygen atoms in total. The van der Waals surface area contributed by atoms with E-state index in [-0.39, 0.29) is 23.7 Å². The highest BCUT2D eigenvalue weighted by atomic mass is 19.1. The van der Waals surface area contributed by atoms with Gasteiger partial charge in [0.25, 0.3) is 11.8 Å². The van der Waals surface area contributed by atoms with Gasteiger partial charge in [0.1, 0.15) is 18.3 Å². The van der Waals surface area contributed by atoms with Gasteiger partial charge in [-0.05, 0) is 50.5 Å². The van der Waals surface area contributed by atoms with Crippen molar-refractivity contribution in [2.24, 2.45) is 0 Å². The molecule has 3 aromatic rings. The van der Waals surface area contributed by atoms with Gasteiger partial charge in [0, 0.05) is 19.1 Å². The van der Waals surface area contributed by atoms with Crippen LogP contribution < -0.4 is 16.0 Å². The molecule has 1 atom stereocenters. The zero-order chi connectivity index (χ0) is 24.2. The van der Waals surface area contributed by atoms with Crippen LogP contribution in [0.2, 0.25) is 0 Å². The fourth-order valence-corrected chi connectivity index (χ4v) is 4.41. The highest BCUT2D eigenvalue weighted by Gasteiger charge is 2.28. The van der Waals surface area contributed by atoms with Crippen molar-refractivity contribution >= 4 is 28.7 Å². The maximum atomic E-state index is 13.4. The number of carbonyl (C=O) groups excluding carboxylic acids is 2. The Morgan fingerprint density at radius 2 is 2.03 bits per heavy atom. The first-order valence-corrected chi connectivity index (χ1v) is 11.5. The van der Waals surface area contributed by atoms with Crippen molar-refractivity contribution in [3.63, 3.8) is 0 Å². The maximum absolute atomic E-state index is 13.4. The lowest BCUT2D eigenvalue weighted by Gasteiger charge is -2.22. The molecule has 4 rings (SSSR count). The molecule has 1 aliphatic heterocycles. The smallest absolute Gasteiger partial charge is 0.252 e. The number of benzene rings is 2. The van der Waals surface area contributed by atoms with Gasteiger partial charge in [-0.2, -0.15) is 0 Å². The number of para-hydroxylation sites is 2. The number of halogens is 1. The monoisotopic (exact) mass is 464 g/mol. The van der Waals surface area contributed by atoms with Gasteiger partial charge in [-0.1, -0.05) is 24.3 Å². The van der Waals surface area contributed by atoms with Crippen LogP contribution in [0, 0.1) is 5.41 Å². The first kappa shape index (κ1) is 23.4. The molecule has 2 amide bonds. The average molecular weight is 465 g/mol. The zero-order valence-electron chi connectivity index (χ0n) is 19.3. The van der Waals surface area contributed by atoms with Crippen molar-refractivity contribution < 1.29 is 14.0 Å². The second kappa shape index (κ2) is 10.0. The van der Waals surface area contributed by atoms with E-state index in [2.05, 4.69) is 34.4 Å². The Bertz CT molecular complexity index is 1240. The molecule has 0 spiro atoms. The van der Waals surface area contributed by atoms with Crippen LogP contribution >= 0.6 is 0 Å². The minimum absolute atomic E-state index is 0.103. The highest BCUT2D eigenvalue weighted by Crippen LogP contribution is 2.28. The van der Waals surface area contributed by atoms with Crippen molar-refractivity contribution in [3.05, 3.63) is 65.0 Å². The number of rotatable bonds is 9. The van der Waals surface area contributed by atoms with Crippen LogP contribution in [0.3, 0.4) is 0 Å². The molecular formula is C25H29FN6O2. The third-order valence-electron chi connectivity index (χ3n) is 5.96. The van der Waals surface area contributed by atoms with E-state index in [1.165, 1.54) is 0 Å². The number of amides is 2. The number of imidazole rings is 1. The predicted octanol–water partition coefficient (Wildman–Crippen LogP) is 3.65. The molecule has 0 saturated heterocycles. The summed E-state index contributed by atoms with van der Waals surface area (Å²) in [5, 5.41) is 16.1. The van der Waals surface area contributed by atoms with Crippen molar-refractivity contribution in [2.45, 2.75) is 45.3 Å². The zero-order valence-corrected chi connectivity index (χ0v) is 19.3.